The number of nitrogens with one attached hydrogen (secondary N) is 3. The van der Waals surface area contributed by atoms with E-state index >= 15 is 0 Å². The molecule has 14 heteroatoms. The van der Waals surface area contributed by atoms with Crippen LogP contribution in [0.1, 0.15) is 20.8 Å². The number of Topliss-reactive ketones (excluding diaryl/α,β-unsaturated/α-hetero) is 1. The summed E-state index contributed by atoms with van der Waals surface area (Å²) in [6.45, 7) is 4.74. The zero-order valence-electron chi connectivity index (χ0n) is 19.6. The topological polar surface area (TPSA) is 183 Å². The molecule has 0 bridgehead atoms. The Labute approximate surface area is 200 Å². The van der Waals surface area contributed by atoms with E-state index in [0.717, 1.165) is 0 Å². The first-order valence-electron chi connectivity index (χ1n) is 10.8. The maximum Gasteiger partial charge on any atom is 0.328 e. The van der Waals surface area contributed by atoms with Gasteiger partial charge in [0.1, 0.15) is 23.9 Å². The molecule has 0 radical (unpaired) electrons. The molecule has 0 saturated heterocycles. The molecule has 0 aliphatic heterocycles. The van der Waals surface area contributed by atoms with Crippen LogP contribution >= 0.6 is 7.44 Å². The van der Waals surface area contributed by atoms with E-state index in [2.05, 4.69) is 25.1 Å². The Bertz CT molecular complexity index is 1290. The highest BCUT2D eigenvalue weighted by atomic mass is 31.2. The number of hydrogen-bond donors (Lipinski definition) is 4. The summed E-state index contributed by atoms with van der Waals surface area (Å²) in [5, 5.41) is 5.49. The third-order valence-corrected chi connectivity index (χ3v) is 7.13. The fourth-order valence-corrected chi connectivity index (χ4v) is 5.21. The predicted octanol–water partition coefficient (Wildman–Crippen LogP) is 1.02. The summed E-state index contributed by atoms with van der Waals surface area (Å²) in [5.41, 5.74) is 5.56. The molecular weight excluding hydrogens is 477 g/mol. The van der Waals surface area contributed by atoms with Crippen molar-refractivity contribution in [3.63, 3.8) is 0 Å². The second-order valence-electron chi connectivity index (χ2n) is 7.88. The number of fused-ring (bicyclic) bond motifs is 1. The monoisotopic (exact) mass is 505 g/mol. The van der Waals surface area contributed by atoms with Gasteiger partial charge in [-0.25, -0.2) is 20.0 Å². The molecular formula is C21H28N7O6P. The van der Waals surface area contributed by atoms with Crippen molar-refractivity contribution >= 4 is 36.3 Å². The van der Waals surface area contributed by atoms with Crippen molar-refractivity contribution in [2.24, 2.45) is 0 Å². The van der Waals surface area contributed by atoms with Crippen molar-refractivity contribution in [3.8, 4) is 5.75 Å². The largest absolute Gasteiger partial charge is 0.425 e. The van der Waals surface area contributed by atoms with Gasteiger partial charge in [0.15, 0.2) is 11.2 Å². The van der Waals surface area contributed by atoms with E-state index in [1.165, 1.54) is 20.2 Å². The first-order valence-corrected chi connectivity index (χ1v) is 12.7. The van der Waals surface area contributed by atoms with Crippen LogP contribution in [0.4, 0.5) is 5.95 Å². The number of H-pyrrole nitrogens is 1. The van der Waals surface area contributed by atoms with Crippen LogP contribution < -0.4 is 26.2 Å². The highest BCUT2D eigenvalue weighted by Gasteiger charge is 2.31. The van der Waals surface area contributed by atoms with E-state index in [0.29, 0.717) is 5.75 Å². The molecule has 3 rings (SSSR count). The van der Waals surface area contributed by atoms with Crippen LogP contribution in [-0.4, -0.2) is 56.3 Å². The number of carbonyl (C=O) groups excluding carboxylic acids is 2. The number of nitrogens with two attached hydrogens (primary N) is 1. The smallest absolute Gasteiger partial charge is 0.328 e. The molecule has 0 amide bonds. The van der Waals surface area contributed by atoms with Crippen LogP contribution in [0.3, 0.4) is 0 Å². The van der Waals surface area contributed by atoms with Crippen molar-refractivity contribution in [3.05, 3.63) is 47.0 Å². The lowest BCUT2D eigenvalue weighted by Crippen LogP contribution is -2.42. The average molecular weight is 505 g/mol. The van der Waals surface area contributed by atoms with Crippen LogP contribution in [-0.2, 0) is 25.4 Å². The molecule has 0 fully saturated rings. The molecule has 1 aromatic carbocycles. The SMILES string of the molecule is CC(=O)[C@@H](C)NP(=O)(COCCn1cnc2c(=O)[nH]c(N)nc21)N[C@@H](C)C(=O)Oc1ccccc1. The predicted molar refractivity (Wildman–Crippen MR) is 129 cm³/mol. The number of para-hydroxylation sites is 1. The number of rotatable bonds is 12. The Balaban J connectivity index is 1.64. The van der Waals surface area contributed by atoms with Gasteiger partial charge >= 0.3 is 5.97 Å². The molecule has 3 atom stereocenters. The number of aromatic nitrogens is 4. The molecule has 0 aliphatic carbocycles. The van der Waals surface area contributed by atoms with Gasteiger partial charge < -0.3 is 19.8 Å². The van der Waals surface area contributed by atoms with E-state index in [1.54, 1.807) is 41.8 Å². The summed E-state index contributed by atoms with van der Waals surface area (Å²) in [6.07, 6.45) is 1.10. The summed E-state index contributed by atoms with van der Waals surface area (Å²) in [6, 6.07) is 6.77. The minimum absolute atomic E-state index is 0.0438. The molecule has 13 nitrogen and oxygen atoms in total. The Morgan fingerprint density at radius 2 is 1.89 bits per heavy atom. The number of benzene rings is 1. The minimum Gasteiger partial charge on any atom is -0.425 e. The summed E-state index contributed by atoms with van der Waals surface area (Å²) < 4.78 is 26.0. The average Bonchev–Trinajstić information content (AvgIpc) is 3.20. The molecule has 0 aliphatic rings. The lowest BCUT2D eigenvalue weighted by molar-refractivity contribution is -0.135. The van der Waals surface area contributed by atoms with Crippen LogP contribution in [0.5, 0.6) is 5.75 Å². The Kier molecular flexibility index (Phi) is 8.52. The van der Waals surface area contributed by atoms with E-state index in [9.17, 15) is 18.9 Å². The number of ether oxygens (including phenoxy) is 2. The second-order valence-corrected chi connectivity index (χ2v) is 10.1. The van der Waals surface area contributed by atoms with Crippen molar-refractivity contribution in [1.29, 1.82) is 0 Å². The maximum atomic E-state index is 13.6. The number of nitrogens with zero attached hydrogens (tertiary/aromatic N) is 3. The number of anilines is 1. The van der Waals surface area contributed by atoms with Crippen LogP contribution in [0.2, 0.25) is 0 Å². The molecule has 0 spiro atoms. The van der Waals surface area contributed by atoms with Crippen LogP contribution in [0.15, 0.2) is 41.5 Å². The van der Waals surface area contributed by atoms with E-state index in [1.807, 2.05) is 0 Å². The fraction of sp³-hybridized carbons (Fsp3) is 0.381. The number of nitrogen functional groups attached to an aromatic ring is 1. The molecule has 1 unspecified atom stereocenters. The van der Waals surface area contributed by atoms with Crippen molar-refractivity contribution in [1.82, 2.24) is 29.7 Å². The van der Waals surface area contributed by atoms with Gasteiger partial charge in [0.05, 0.1) is 19.0 Å². The van der Waals surface area contributed by atoms with Gasteiger partial charge in [0, 0.05) is 6.54 Å². The molecule has 2 aromatic heterocycles. The quantitative estimate of drug-likeness (QED) is 0.119. The lowest BCUT2D eigenvalue weighted by atomic mass is 10.3. The second kappa shape index (κ2) is 11.4. The van der Waals surface area contributed by atoms with E-state index in [4.69, 9.17) is 15.2 Å². The van der Waals surface area contributed by atoms with Gasteiger partial charge in [-0.2, -0.15) is 4.98 Å². The van der Waals surface area contributed by atoms with Gasteiger partial charge in [0.2, 0.25) is 13.4 Å². The molecule has 2 heterocycles. The number of ketones is 1. The summed E-state index contributed by atoms with van der Waals surface area (Å²) in [7, 11) is -3.57. The molecule has 0 saturated carbocycles. The zero-order chi connectivity index (χ0) is 25.6. The fourth-order valence-electron chi connectivity index (χ4n) is 3.06. The molecule has 35 heavy (non-hydrogen) atoms. The summed E-state index contributed by atoms with van der Waals surface area (Å²) in [5.74, 6) is -0.571. The highest BCUT2D eigenvalue weighted by Crippen LogP contribution is 2.37. The zero-order valence-corrected chi connectivity index (χ0v) is 20.5. The number of hydrogen-bond acceptors (Lipinski definition) is 9. The molecule has 3 aromatic rings. The van der Waals surface area contributed by atoms with Gasteiger partial charge in [-0.3, -0.25) is 19.1 Å². The third kappa shape index (κ3) is 7.06. The van der Waals surface area contributed by atoms with Crippen LogP contribution in [0.25, 0.3) is 11.2 Å². The Morgan fingerprint density at radius 3 is 2.57 bits per heavy atom. The van der Waals surface area contributed by atoms with E-state index in [-0.39, 0.29) is 42.4 Å². The number of aromatic amines is 1. The highest BCUT2D eigenvalue weighted by molar-refractivity contribution is 7.59. The first kappa shape index (κ1) is 26.2. The standard InChI is InChI=1S/C21H28N7O6P/c1-13(15(3)29)26-35(32,27-14(2)20(31)34-16-7-5-4-6-8-16)12-33-10-9-28-11-23-17-18(28)24-21(22)25-19(17)30/h4-8,11,13-14H,9-10,12H2,1-3H3,(H2,26,27,32)(H3,22,24,25,30)/t13-,14+,35?/m1/s1. The normalized spacial score (nSPS) is 14.8. The summed E-state index contributed by atoms with van der Waals surface area (Å²) in [4.78, 5) is 46.6. The lowest BCUT2D eigenvalue weighted by Gasteiger charge is -2.26. The number of imidazole rings is 1. The number of carbonyl (C=O) groups is 2. The number of esters is 1. The van der Waals surface area contributed by atoms with Gasteiger partial charge in [-0.15, -0.1) is 0 Å². The van der Waals surface area contributed by atoms with Crippen LogP contribution in [0, 0.1) is 0 Å². The Morgan fingerprint density at radius 1 is 1.20 bits per heavy atom. The third-order valence-electron chi connectivity index (χ3n) is 4.97. The van der Waals surface area contributed by atoms with Crippen molar-refractivity contribution < 1.29 is 23.6 Å². The Hall–Kier alpha value is -3.38. The summed E-state index contributed by atoms with van der Waals surface area (Å²) >= 11 is 0. The first-order chi connectivity index (χ1) is 16.6. The van der Waals surface area contributed by atoms with Gasteiger partial charge in [-0.05, 0) is 32.9 Å². The molecule has 5 N–H and O–H groups in total. The van der Waals surface area contributed by atoms with Gasteiger partial charge in [0.25, 0.3) is 5.56 Å². The van der Waals surface area contributed by atoms with E-state index < -0.39 is 31.1 Å². The van der Waals surface area contributed by atoms with Crippen molar-refractivity contribution in [2.75, 3.05) is 18.7 Å². The molecule has 188 valence electrons. The van der Waals surface area contributed by atoms with Crippen molar-refractivity contribution in [2.45, 2.75) is 39.4 Å². The minimum atomic E-state index is -3.57. The van der Waals surface area contributed by atoms with Gasteiger partial charge in [-0.1, -0.05) is 18.2 Å². The maximum absolute atomic E-state index is 13.6.